The highest BCUT2D eigenvalue weighted by Gasteiger charge is 2.30. The molecule has 0 aromatic carbocycles. The third-order valence-electron chi connectivity index (χ3n) is 3.31. The third kappa shape index (κ3) is 4.73. The Kier molecular flexibility index (Phi) is 5.97. The van der Waals surface area contributed by atoms with Crippen LogP contribution in [-0.2, 0) is 9.59 Å². The van der Waals surface area contributed by atoms with E-state index in [0.717, 1.165) is 25.7 Å². The summed E-state index contributed by atoms with van der Waals surface area (Å²) in [5.41, 5.74) is 5.31. The van der Waals surface area contributed by atoms with Gasteiger partial charge in [0, 0.05) is 6.42 Å². The average Bonchev–Trinajstić information content (AvgIpc) is 2.34. The number of carbonyl (C=O) groups is 2. The summed E-state index contributed by atoms with van der Waals surface area (Å²) in [6.45, 7) is 0.453. The number of hydrogen-bond donors (Lipinski definition) is 3. The largest absolute Gasteiger partial charge is 0.480 e. The van der Waals surface area contributed by atoms with E-state index >= 15 is 0 Å². The number of nitrogens with two attached hydrogens (primary N) is 1. The summed E-state index contributed by atoms with van der Waals surface area (Å²) >= 11 is 0. The number of carbonyl (C=O) groups excluding carboxylic acids is 1. The van der Waals surface area contributed by atoms with Gasteiger partial charge >= 0.3 is 5.97 Å². The molecule has 1 atom stereocenters. The van der Waals surface area contributed by atoms with Crippen molar-refractivity contribution in [2.45, 2.75) is 51.0 Å². The van der Waals surface area contributed by atoms with Crippen LogP contribution in [0.1, 0.15) is 44.9 Å². The van der Waals surface area contributed by atoms with Crippen molar-refractivity contribution in [3.8, 4) is 0 Å². The lowest BCUT2D eigenvalue weighted by Crippen LogP contribution is -2.46. The van der Waals surface area contributed by atoms with Crippen LogP contribution in [-0.4, -0.2) is 29.6 Å². The molecule has 17 heavy (non-hydrogen) atoms. The second kappa shape index (κ2) is 7.27. The van der Waals surface area contributed by atoms with Crippen molar-refractivity contribution < 1.29 is 14.7 Å². The predicted octanol–water partition coefficient (Wildman–Crippen LogP) is 0.875. The van der Waals surface area contributed by atoms with E-state index in [1.165, 1.54) is 6.42 Å². The Balaban J connectivity index is 2.47. The molecule has 0 radical (unpaired) electrons. The summed E-state index contributed by atoms with van der Waals surface area (Å²) in [6.07, 6.45) is 6.00. The summed E-state index contributed by atoms with van der Waals surface area (Å²) in [5, 5.41) is 11.8. The maximum absolute atomic E-state index is 11.5. The number of rotatable bonds is 6. The van der Waals surface area contributed by atoms with Crippen LogP contribution in [0.3, 0.4) is 0 Å². The molecule has 4 N–H and O–H groups in total. The molecule has 0 aromatic heterocycles. The van der Waals surface area contributed by atoms with Crippen LogP contribution in [0.4, 0.5) is 0 Å². The van der Waals surface area contributed by atoms with Crippen LogP contribution in [0.25, 0.3) is 0 Å². The van der Waals surface area contributed by atoms with E-state index in [0.29, 0.717) is 19.4 Å². The van der Waals surface area contributed by atoms with Crippen molar-refractivity contribution in [3.05, 3.63) is 0 Å². The molecule has 0 aliphatic heterocycles. The zero-order valence-electron chi connectivity index (χ0n) is 10.2. The number of carboxylic acids is 1. The Morgan fingerprint density at radius 2 is 1.94 bits per heavy atom. The average molecular weight is 242 g/mol. The van der Waals surface area contributed by atoms with E-state index in [1.807, 2.05) is 0 Å². The molecule has 1 amide bonds. The first-order chi connectivity index (χ1) is 8.15. The summed E-state index contributed by atoms with van der Waals surface area (Å²) < 4.78 is 0. The highest BCUT2D eigenvalue weighted by Crippen LogP contribution is 2.26. The quantitative estimate of drug-likeness (QED) is 0.644. The molecular formula is C12H22N2O3. The van der Waals surface area contributed by atoms with Gasteiger partial charge in [0.2, 0.25) is 5.91 Å². The van der Waals surface area contributed by atoms with Crippen LogP contribution in [0.15, 0.2) is 0 Å². The molecule has 0 spiro atoms. The lowest BCUT2D eigenvalue weighted by molar-refractivity contribution is -0.143. The van der Waals surface area contributed by atoms with Gasteiger partial charge in [0.1, 0.15) is 6.04 Å². The molecule has 0 bridgehead atoms. The smallest absolute Gasteiger partial charge is 0.326 e. The zero-order valence-corrected chi connectivity index (χ0v) is 10.2. The zero-order chi connectivity index (χ0) is 12.7. The van der Waals surface area contributed by atoms with E-state index in [2.05, 4.69) is 5.32 Å². The fourth-order valence-corrected chi connectivity index (χ4v) is 2.36. The minimum Gasteiger partial charge on any atom is -0.480 e. The van der Waals surface area contributed by atoms with Gasteiger partial charge in [0.15, 0.2) is 0 Å². The molecule has 98 valence electrons. The number of aliphatic carboxylic acids is 1. The number of hydrogen-bond acceptors (Lipinski definition) is 3. The standard InChI is InChI=1S/C12H22N2O3/c13-8-4-7-10(15)14-11(12(16)17)9-5-2-1-3-6-9/h9,11H,1-8,13H2,(H,14,15)(H,16,17). The minimum atomic E-state index is -0.919. The van der Waals surface area contributed by atoms with E-state index in [9.17, 15) is 9.59 Å². The number of carboxylic acid groups (broad SMARTS) is 1. The summed E-state index contributed by atoms with van der Waals surface area (Å²) in [4.78, 5) is 22.7. The SMILES string of the molecule is NCCCC(=O)NC(C(=O)O)C1CCCCC1. The van der Waals surface area contributed by atoms with Crippen LogP contribution in [0.2, 0.25) is 0 Å². The highest BCUT2D eigenvalue weighted by atomic mass is 16.4. The van der Waals surface area contributed by atoms with Crippen LogP contribution < -0.4 is 11.1 Å². The molecule has 1 fully saturated rings. The Morgan fingerprint density at radius 3 is 2.47 bits per heavy atom. The fraction of sp³-hybridized carbons (Fsp3) is 0.833. The van der Waals surface area contributed by atoms with Crippen molar-refractivity contribution in [2.24, 2.45) is 11.7 Å². The van der Waals surface area contributed by atoms with Gasteiger partial charge in [-0.2, -0.15) is 0 Å². The van der Waals surface area contributed by atoms with E-state index in [4.69, 9.17) is 10.8 Å². The molecule has 1 rings (SSSR count). The normalized spacial score (nSPS) is 18.6. The van der Waals surface area contributed by atoms with Crippen molar-refractivity contribution >= 4 is 11.9 Å². The van der Waals surface area contributed by atoms with Gasteiger partial charge in [-0.25, -0.2) is 4.79 Å². The summed E-state index contributed by atoms with van der Waals surface area (Å²) in [5.74, 6) is -1.03. The van der Waals surface area contributed by atoms with Gasteiger partial charge in [0.25, 0.3) is 0 Å². The number of amides is 1. The highest BCUT2D eigenvalue weighted by molar-refractivity contribution is 5.83. The Bertz CT molecular complexity index is 262. The van der Waals surface area contributed by atoms with Crippen molar-refractivity contribution in [1.29, 1.82) is 0 Å². The van der Waals surface area contributed by atoms with Crippen LogP contribution >= 0.6 is 0 Å². The van der Waals surface area contributed by atoms with Crippen LogP contribution in [0.5, 0.6) is 0 Å². The van der Waals surface area contributed by atoms with Gasteiger partial charge in [-0.3, -0.25) is 4.79 Å². The van der Waals surface area contributed by atoms with Crippen LogP contribution in [0, 0.1) is 5.92 Å². The maximum Gasteiger partial charge on any atom is 0.326 e. The molecule has 1 aliphatic rings. The first-order valence-corrected chi connectivity index (χ1v) is 6.37. The lowest BCUT2D eigenvalue weighted by atomic mass is 9.84. The minimum absolute atomic E-state index is 0.0862. The first-order valence-electron chi connectivity index (χ1n) is 6.37. The molecule has 1 unspecified atom stereocenters. The molecule has 5 heteroatoms. The second-order valence-corrected chi connectivity index (χ2v) is 4.67. The Hall–Kier alpha value is -1.10. The van der Waals surface area contributed by atoms with E-state index in [1.54, 1.807) is 0 Å². The number of nitrogens with one attached hydrogen (secondary N) is 1. The van der Waals surface area contributed by atoms with Crippen molar-refractivity contribution in [3.63, 3.8) is 0 Å². The molecule has 0 heterocycles. The summed E-state index contributed by atoms with van der Waals surface area (Å²) in [6, 6.07) is -0.722. The Morgan fingerprint density at radius 1 is 1.29 bits per heavy atom. The van der Waals surface area contributed by atoms with Gasteiger partial charge in [0.05, 0.1) is 0 Å². The van der Waals surface area contributed by atoms with E-state index in [-0.39, 0.29) is 11.8 Å². The van der Waals surface area contributed by atoms with E-state index < -0.39 is 12.0 Å². The molecule has 1 aliphatic carbocycles. The topological polar surface area (TPSA) is 92.4 Å². The lowest BCUT2D eigenvalue weighted by Gasteiger charge is -2.28. The molecule has 1 saturated carbocycles. The Labute approximate surface area is 102 Å². The van der Waals surface area contributed by atoms with Crippen molar-refractivity contribution in [2.75, 3.05) is 6.54 Å². The predicted molar refractivity (Wildman–Crippen MR) is 64.4 cm³/mol. The van der Waals surface area contributed by atoms with Gasteiger partial charge in [-0.05, 0) is 31.7 Å². The molecular weight excluding hydrogens is 220 g/mol. The maximum atomic E-state index is 11.5. The van der Waals surface area contributed by atoms with Gasteiger partial charge < -0.3 is 16.2 Å². The third-order valence-corrected chi connectivity index (χ3v) is 3.31. The van der Waals surface area contributed by atoms with Gasteiger partial charge in [-0.15, -0.1) is 0 Å². The molecule has 5 nitrogen and oxygen atoms in total. The van der Waals surface area contributed by atoms with Gasteiger partial charge in [-0.1, -0.05) is 19.3 Å². The summed E-state index contributed by atoms with van der Waals surface area (Å²) in [7, 11) is 0. The first kappa shape index (κ1) is 14.0. The fourth-order valence-electron chi connectivity index (χ4n) is 2.36. The van der Waals surface area contributed by atoms with Crippen molar-refractivity contribution in [1.82, 2.24) is 5.32 Å². The monoisotopic (exact) mass is 242 g/mol. The molecule has 0 aromatic rings. The second-order valence-electron chi connectivity index (χ2n) is 4.67. The molecule has 0 saturated heterocycles.